The Balaban J connectivity index is 2.49. The van der Waals surface area contributed by atoms with Crippen LogP contribution in [0.2, 0.25) is 0 Å². The van der Waals surface area contributed by atoms with Gasteiger partial charge in [0.15, 0.2) is 5.75 Å². The molecule has 0 bridgehead atoms. The summed E-state index contributed by atoms with van der Waals surface area (Å²) in [5.41, 5.74) is 2.23. The predicted octanol–water partition coefficient (Wildman–Crippen LogP) is 3.68. The van der Waals surface area contributed by atoms with Gasteiger partial charge < -0.3 is 4.84 Å². The molecule has 1 aliphatic carbocycles. The van der Waals surface area contributed by atoms with Gasteiger partial charge in [-0.3, -0.25) is 0 Å². The van der Waals surface area contributed by atoms with Crippen LogP contribution in [0, 0.1) is 17.3 Å². The van der Waals surface area contributed by atoms with Gasteiger partial charge in [-0.1, -0.05) is 17.9 Å². The van der Waals surface area contributed by atoms with E-state index in [0.717, 1.165) is 24.0 Å². The van der Waals surface area contributed by atoms with Gasteiger partial charge in [0.1, 0.15) is 6.17 Å². The second-order valence-electron chi connectivity index (χ2n) is 5.99. The highest BCUT2D eigenvalue weighted by atomic mass is 19.1. The Labute approximate surface area is 114 Å². The Hall–Kier alpha value is -1.53. The van der Waals surface area contributed by atoms with Gasteiger partial charge in [-0.15, -0.1) is 0 Å². The third-order valence-corrected chi connectivity index (χ3v) is 3.21. The van der Waals surface area contributed by atoms with E-state index < -0.39 is 6.17 Å². The number of rotatable bonds is 1. The van der Waals surface area contributed by atoms with Gasteiger partial charge in [0.2, 0.25) is 0 Å². The number of fused-ring (bicyclic) bond motifs is 1. The van der Waals surface area contributed by atoms with Crippen LogP contribution in [0.25, 0.3) is 0 Å². The lowest BCUT2D eigenvalue weighted by Gasteiger charge is -2.22. The van der Waals surface area contributed by atoms with E-state index in [2.05, 4.69) is 11.8 Å². The van der Waals surface area contributed by atoms with Crippen molar-refractivity contribution >= 4 is 0 Å². The minimum absolute atomic E-state index is 0.0929. The monoisotopic (exact) mass is 261 g/mol. The summed E-state index contributed by atoms with van der Waals surface area (Å²) in [5.74, 6) is 12.2. The third-order valence-electron chi connectivity index (χ3n) is 3.21. The molecule has 0 saturated carbocycles. The zero-order valence-corrected chi connectivity index (χ0v) is 11.7. The first-order valence-corrected chi connectivity index (χ1v) is 6.62. The second-order valence-corrected chi connectivity index (χ2v) is 5.99. The molecule has 0 heterocycles. The Kier molecular flexibility index (Phi) is 3.82. The summed E-state index contributed by atoms with van der Waals surface area (Å²) < 4.78 is 13.9. The fourth-order valence-corrected chi connectivity index (χ4v) is 2.30. The molecular formula is C16H20FNO. The van der Waals surface area contributed by atoms with E-state index in [9.17, 15) is 4.39 Å². The molecule has 2 rings (SSSR count). The number of halogens is 1. The van der Waals surface area contributed by atoms with Crippen LogP contribution >= 0.6 is 0 Å². The largest absolute Gasteiger partial charge is 0.410 e. The maximum atomic E-state index is 13.9. The van der Waals surface area contributed by atoms with E-state index in [-0.39, 0.29) is 5.41 Å². The first-order chi connectivity index (χ1) is 8.92. The van der Waals surface area contributed by atoms with Gasteiger partial charge in [-0.25, -0.2) is 4.39 Å². The Morgan fingerprint density at radius 1 is 1.37 bits per heavy atom. The fraction of sp³-hybridized carbons (Fsp3) is 0.500. The quantitative estimate of drug-likeness (QED) is 0.618. The number of nitrogens with two attached hydrogens (primary N) is 1. The molecule has 1 aliphatic rings. The standard InChI is InChI=1S/C16H20FNO/c1-16(2,3)10-9-11-7-8-12-13(15(11)19-18)5-4-6-14(12)17/h7-8,14H,4-6,18H2,1-3H3. The number of alkyl halides is 1. The van der Waals surface area contributed by atoms with Crippen molar-refractivity contribution in [2.45, 2.75) is 46.2 Å². The summed E-state index contributed by atoms with van der Waals surface area (Å²) in [5, 5.41) is 0. The maximum Gasteiger partial charge on any atom is 0.165 e. The van der Waals surface area contributed by atoms with Crippen molar-refractivity contribution in [1.29, 1.82) is 0 Å². The molecule has 1 aromatic carbocycles. The summed E-state index contributed by atoms with van der Waals surface area (Å²) in [6, 6.07) is 3.62. The Morgan fingerprint density at radius 2 is 2.11 bits per heavy atom. The molecule has 0 fully saturated rings. The van der Waals surface area contributed by atoms with Gasteiger partial charge in [0.25, 0.3) is 0 Å². The molecule has 19 heavy (non-hydrogen) atoms. The van der Waals surface area contributed by atoms with E-state index in [4.69, 9.17) is 10.7 Å². The lowest BCUT2D eigenvalue weighted by atomic mass is 9.88. The van der Waals surface area contributed by atoms with Crippen molar-refractivity contribution in [3.8, 4) is 17.6 Å². The molecule has 1 aromatic rings. The summed E-state index contributed by atoms with van der Waals surface area (Å²) in [6.45, 7) is 6.12. The lowest BCUT2D eigenvalue weighted by molar-refractivity contribution is 0.289. The van der Waals surface area contributed by atoms with Crippen molar-refractivity contribution in [3.05, 3.63) is 28.8 Å². The van der Waals surface area contributed by atoms with Crippen LogP contribution in [0.15, 0.2) is 12.1 Å². The summed E-state index contributed by atoms with van der Waals surface area (Å²) >= 11 is 0. The Bertz CT molecular complexity index is 534. The number of hydrogen-bond acceptors (Lipinski definition) is 2. The van der Waals surface area contributed by atoms with Gasteiger partial charge in [-0.05, 0) is 51.7 Å². The third kappa shape index (κ3) is 3.08. The van der Waals surface area contributed by atoms with Crippen molar-refractivity contribution in [1.82, 2.24) is 0 Å². The summed E-state index contributed by atoms with van der Waals surface area (Å²) in [7, 11) is 0. The summed E-state index contributed by atoms with van der Waals surface area (Å²) in [4.78, 5) is 4.99. The van der Waals surface area contributed by atoms with Crippen LogP contribution < -0.4 is 10.7 Å². The molecule has 1 unspecified atom stereocenters. The molecule has 102 valence electrons. The Morgan fingerprint density at radius 3 is 2.74 bits per heavy atom. The first-order valence-electron chi connectivity index (χ1n) is 6.62. The molecular weight excluding hydrogens is 241 g/mol. The van der Waals surface area contributed by atoms with E-state index in [0.29, 0.717) is 17.7 Å². The van der Waals surface area contributed by atoms with E-state index >= 15 is 0 Å². The van der Waals surface area contributed by atoms with E-state index in [1.165, 1.54) is 0 Å². The van der Waals surface area contributed by atoms with Crippen molar-refractivity contribution in [2.75, 3.05) is 0 Å². The van der Waals surface area contributed by atoms with Gasteiger partial charge >= 0.3 is 0 Å². The van der Waals surface area contributed by atoms with Crippen molar-refractivity contribution in [3.63, 3.8) is 0 Å². The molecule has 0 aliphatic heterocycles. The smallest absolute Gasteiger partial charge is 0.165 e. The van der Waals surface area contributed by atoms with Gasteiger partial charge in [0, 0.05) is 11.0 Å². The van der Waals surface area contributed by atoms with Crippen LogP contribution in [-0.2, 0) is 6.42 Å². The topological polar surface area (TPSA) is 35.2 Å². The highest BCUT2D eigenvalue weighted by molar-refractivity contribution is 5.55. The van der Waals surface area contributed by atoms with Crippen molar-refractivity contribution < 1.29 is 9.23 Å². The molecule has 0 spiro atoms. The van der Waals surface area contributed by atoms with Crippen LogP contribution in [0.1, 0.15) is 56.5 Å². The minimum atomic E-state index is -0.915. The lowest BCUT2D eigenvalue weighted by Crippen LogP contribution is -2.13. The van der Waals surface area contributed by atoms with E-state index in [1.54, 1.807) is 6.07 Å². The summed E-state index contributed by atoms with van der Waals surface area (Å²) in [6.07, 6.45) is 1.28. The van der Waals surface area contributed by atoms with Crippen LogP contribution in [0.4, 0.5) is 4.39 Å². The van der Waals surface area contributed by atoms with Gasteiger partial charge in [-0.2, -0.15) is 5.90 Å². The molecule has 3 heteroatoms. The molecule has 2 N–H and O–H groups in total. The highest BCUT2D eigenvalue weighted by Crippen LogP contribution is 2.38. The molecule has 0 aromatic heterocycles. The SMILES string of the molecule is CC(C)(C)C#Cc1ccc2c(c1ON)CCCC2F. The molecule has 0 radical (unpaired) electrons. The predicted molar refractivity (Wildman–Crippen MR) is 74.4 cm³/mol. The molecule has 2 nitrogen and oxygen atoms in total. The van der Waals surface area contributed by atoms with E-state index in [1.807, 2.05) is 26.8 Å². The number of benzene rings is 1. The average Bonchev–Trinajstić information content (AvgIpc) is 2.35. The van der Waals surface area contributed by atoms with Crippen LogP contribution in [0.3, 0.4) is 0 Å². The van der Waals surface area contributed by atoms with Crippen LogP contribution in [0.5, 0.6) is 5.75 Å². The number of hydrogen-bond donors (Lipinski definition) is 1. The zero-order valence-electron chi connectivity index (χ0n) is 11.7. The maximum absolute atomic E-state index is 13.9. The van der Waals surface area contributed by atoms with Crippen LogP contribution in [-0.4, -0.2) is 0 Å². The zero-order chi connectivity index (χ0) is 14.0. The average molecular weight is 261 g/mol. The first kappa shape index (κ1) is 13.9. The van der Waals surface area contributed by atoms with Gasteiger partial charge in [0.05, 0.1) is 5.56 Å². The highest BCUT2D eigenvalue weighted by Gasteiger charge is 2.24. The fourth-order valence-electron chi connectivity index (χ4n) is 2.30. The minimum Gasteiger partial charge on any atom is -0.410 e. The molecule has 1 atom stereocenters. The molecule has 0 saturated heterocycles. The normalized spacial score (nSPS) is 18.3. The second kappa shape index (κ2) is 5.22. The molecule has 0 amide bonds. The van der Waals surface area contributed by atoms with Crippen molar-refractivity contribution in [2.24, 2.45) is 11.3 Å².